The summed E-state index contributed by atoms with van der Waals surface area (Å²) in [6.45, 7) is 0. The Labute approximate surface area is 114 Å². The van der Waals surface area contributed by atoms with Crippen LogP contribution in [0.4, 0.5) is 14.5 Å². The van der Waals surface area contributed by atoms with E-state index in [0.717, 1.165) is 12.1 Å². The minimum atomic E-state index is -1.03. The first-order chi connectivity index (χ1) is 9.47. The van der Waals surface area contributed by atoms with Crippen LogP contribution in [0.15, 0.2) is 18.2 Å². The van der Waals surface area contributed by atoms with E-state index in [-0.39, 0.29) is 18.0 Å². The Balaban J connectivity index is 2.00. The minimum Gasteiger partial charge on any atom is -0.481 e. The van der Waals surface area contributed by atoms with Gasteiger partial charge in [-0.05, 0) is 31.4 Å². The molecule has 1 fully saturated rings. The van der Waals surface area contributed by atoms with Crippen molar-refractivity contribution in [2.45, 2.75) is 25.7 Å². The number of hydrogen-bond acceptors (Lipinski definition) is 2. The zero-order valence-electron chi connectivity index (χ0n) is 10.7. The van der Waals surface area contributed by atoms with Gasteiger partial charge in [-0.3, -0.25) is 9.59 Å². The highest BCUT2D eigenvalue weighted by atomic mass is 19.2. The van der Waals surface area contributed by atoms with Gasteiger partial charge in [0.25, 0.3) is 0 Å². The number of hydrogen-bond donors (Lipinski definition) is 2. The maximum Gasteiger partial charge on any atom is 0.306 e. The fourth-order valence-corrected chi connectivity index (χ4v) is 2.47. The van der Waals surface area contributed by atoms with Crippen molar-refractivity contribution in [3.8, 4) is 0 Å². The van der Waals surface area contributed by atoms with Crippen LogP contribution in [0.3, 0.4) is 0 Å². The number of aliphatic carboxylic acids is 1. The average Bonchev–Trinajstić information content (AvgIpc) is 2.43. The van der Waals surface area contributed by atoms with E-state index in [0.29, 0.717) is 19.3 Å². The second-order valence-corrected chi connectivity index (χ2v) is 5.02. The van der Waals surface area contributed by atoms with Gasteiger partial charge in [-0.25, -0.2) is 8.78 Å². The van der Waals surface area contributed by atoms with E-state index in [9.17, 15) is 18.4 Å². The lowest BCUT2D eigenvalue weighted by Gasteiger charge is -2.25. The minimum absolute atomic E-state index is 0.173. The summed E-state index contributed by atoms with van der Waals surface area (Å²) in [5.74, 6) is -4.17. The number of nitrogens with one attached hydrogen (secondary N) is 1. The molecule has 1 aliphatic rings. The van der Waals surface area contributed by atoms with Crippen molar-refractivity contribution in [1.29, 1.82) is 0 Å². The van der Waals surface area contributed by atoms with Crippen LogP contribution in [0.5, 0.6) is 0 Å². The number of amides is 1. The molecule has 2 rings (SSSR count). The van der Waals surface area contributed by atoms with Crippen molar-refractivity contribution in [3.05, 3.63) is 29.8 Å². The van der Waals surface area contributed by atoms with Crippen LogP contribution in [-0.2, 0) is 9.59 Å². The first-order valence-corrected chi connectivity index (χ1v) is 6.46. The van der Waals surface area contributed by atoms with E-state index >= 15 is 0 Å². The average molecular weight is 283 g/mol. The first kappa shape index (κ1) is 14.4. The number of carboxylic acids is 1. The number of rotatable bonds is 3. The Morgan fingerprint density at radius 2 is 1.85 bits per heavy atom. The quantitative estimate of drug-likeness (QED) is 0.896. The highest BCUT2D eigenvalue weighted by molar-refractivity contribution is 5.92. The molecule has 2 atom stereocenters. The summed E-state index contributed by atoms with van der Waals surface area (Å²) in [7, 11) is 0. The van der Waals surface area contributed by atoms with Gasteiger partial charge in [0.15, 0.2) is 11.6 Å². The van der Waals surface area contributed by atoms with Gasteiger partial charge in [0.1, 0.15) is 0 Å². The normalized spacial score (nSPS) is 22.3. The summed E-state index contributed by atoms with van der Waals surface area (Å²) in [5, 5.41) is 11.5. The largest absolute Gasteiger partial charge is 0.481 e. The van der Waals surface area contributed by atoms with Crippen LogP contribution < -0.4 is 5.32 Å². The van der Waals surface area contributed by atoms with E-state index < -0.39 is 29.4 Å². The second-order valence-electron chi connectivity index (χ2n) is 5.02. The molecule has 20 heavy (non-hydrogen) atoms. The SMILES string of the molecule is O=C(O)C1CCCC(C(=O)Nc2ccc(F)c(F)c2)C1. The van der Waals surface area contributed by atoms with Gasteiger partial charge in [-0.2, -0.15) is 0 Å². The predicted octanol–water partition coefficient (Wildman–Crippen LogP) is 2.79. The van der Waals surface area contributed by atoms with Crippen molar-refractivity contribution in [3.63, 3.8) is 0 Å². The molecule has 108 valence electrons. The van der Waals surface area contributed by atoms with Gasteiger partial charge < -0.3 is 10.4 Å². The van der Waals surface area contributed by atoms with E-state index in [1.807, 2.05) is 0 Å². The van der Waals surface area contributed by atoms with Gasteiger partial charge in [-0.15, -0.1) is 0 Å². The molecular formula is C14H15F2NO3. The Bertz CT molecular complexity index is 533. The van der Waals surface area contributed by atoms with Gasteiger partial charge in [0.2, 0.25) is 5.91 Å². The van der Waals surface area contributed by atoms with Gasteiger partial charge in [0.05, 0.1) is 5.92 Å². The summed E-state index contributed by atoms with van der Waals surface area (Å²) >= 11 is 0. The summed E-state index contributed by atoms with van der Waals surface area (Å²) in [5.41, 5.74) is 0.173. The zero-order valence-corrected chi connectivity index (χ0v) is 10.7. The van der Waals surface area contributed by atoms with E-state index in [1.165, 1.54) is 6.07 Å². The number of carbonyl (C=O) groups is 2. The monoisotopic (exact) mass is 283 g/mol. The molecule has 1 aromatic rings. The van der Waals surface area contributed by atoms with Gasteiger partial charge in [0, 0.05) is 17.7 Å². The Hall–Kier alpha value is -1.98. The number of carbonyl (C=O) groups excluding carboxylic acids is 1. The topological polar surface area (TPSA) is 66.4 Å². The molecule has 0 bridgehead atoms. The zero-order chi connectivity index (χ0) is 14.7. The van der Waals surface area contributed by atoms with Crippen LogP contribution in [-0.4, -0.2) is 17.0 Å². The summed E-state index contributed by atoms with van der Waals surface area (Å²) in [6.07, 6.45) is 2.14. The first-order valence-electron chi connectivity index (χ1n) is 6.46. The summed E-state index contributed by atoms with van der Waals surface area (Å²) in [4.78, 5) is 23.0. The number of anilines is 1. The van der Waals surface area contributed by atoms with Crippen molar-refractivity contribution >= 4 is 17.6 Å². The van der Waals surface area contributed by atoms with Crippen molar-refractivity contribution in [2.24, 2.45) is 11.8 Å². The lowest BCUT2D eigenvalue weighted by atomic mass is 9.81. The molecule has 0 heterocycles. The van der Waals surface area contributed by atoms with E-state index in [4.69, 9.17) is 5.11 Å². The smallest absolute Gasteiger partial charge is 0.306 e. The number of carboxylic acid groups (broad SMARTS) is 1. The maximum absolute atomic E-state index is 13.0. The summed E-state index contributed by atoms with van der Waals surface area (Å²) in [6, 6.07) is 3.12. The lowest BCUT2D eigenvalue weighted by molar-refractivity contribution is -0.143. The molecule has 2 N–H and O–H groups in total. The molecule has 0 aliphatic heterocycles. The molecule has 0 saturated heterocycles. The van der Waals surface area contributed by atoms with Gasteiger partial charge in [-0.1, -0.05) is 6.42 Å². The number of benzene rings is 1. The van der Waals surface area contributed by atoms with Crippen molar-refractivity contribution in [1.82, 2.24) is 0 Å². The summed E-state index contributed by atoms with van der Waals surface area (Å²) < 4.78 is 25.8. The van der Waals surface area contributed by atoms with E-state index in [2.05, 4.69) is 5.32 Å². The van der Waals surface area contributed by atoms with Gasteiger partial charge >= 0.3 is 5.97 Å². The molecule has 0 spiro atoms. The highest BCUT2D eigenvalue weighted by Crippen LogP contribution is 2.30. The Morgan fingerprint density at radius 3 is 2.50 bits per heavy atom. The molecule has 1 aromatic carbocycles. The van der Waals surface area contributed by atoms with Crippen LogP contribution >= 0.6 is 0 Å². The maximum atomic E-state index is 13.0. The van der Waals surface area contributed by atoms with Crippen molar-refractivity contribution < 1.29 is 23.5 Å². The third kappa shape index (κ3) is 3.31. The second kappa shape index (κ2) is 5.98. The van der Waals surface area contributed by atoms with Crippen LogP contribution in [0.25, 0.3) is 0 Å². The third-order valence-corrected chi connectivity index (χ3v) is 3.58. The van der Waals surface area contributed by atoms with Crippen molar-refractivity contribution in [2.75, 3.05) is 5.32 Å². The molecule has 2 unspecified atom stereocenters. The molecule has 0 aromatic heterocycles. The Morgan fingerprint density at radius 1 is 1.15 bits per heavy atom. The third-order valence-electron chi connectivity index (χ3n) is 3.58. The van der Waals surface area contributed by atoms with Crippen LogP contribution in [0.2, 0.25) is 0 Å². The van der Waals surface area contributed by atoms with Crippen LogP contribution in [0.1, 0.15) is 25.7 Å². The lowest BCUT2D eigenvalue weighted by Crippen LogP contribution is -2.30. The fourth-order valence-electron chi connectivity index (χ4n) is 2.47. The molecule has 1 saturated carbocycles. The standard InChI is InChI=1S/C14H15F2NO3/c15-11-5-4-10(7-12(11)16)17-13(18)8-2-1-3-9(6-8)14(19)20/h4-5,7-9H,1-3,6H2,(H,17,18)(H,19,20). The molecular weight excluding hydrogens is 268 g/mol. The number of halogens is 2. The van der Waals surface area contributed by atoms with E-state index in [1.54, 1.807) is 0 Å². The fraction of sp³-hybridized carbons (Fsp3) is 0.429. The molecule has 1 amide bonds. The molecule has 0 radical (unpaired) electrons. The molecule has 6 heteroatoms. The molecule has 4 nitrogen and oxygen atoms in total. The highest BCUT2D eigenvalue weighted by Gasteiger charge is 2.31. The predicted molar refractivity (Wildman–Crippen MR) is 68.1 cm³/mol. The molecule has 1 aliphatic carbocycles. The van der Waals surface area contributed by atoms with Crippen LogP contribution in [0, 0.1) is 23.5 Å². The Kier molecular flexibility index (Phi) is 4.32.